The second kappa shape index (κ2) is 5.69. The fraction of sp³-hybridized carbons (Fsp3) is 0.357. The normalized spacial score (nSPS) is 10.6. The topological polar surface area (TPSA) is 60.2 Å². The Hall–Kier alpha value is -1.81. The van der Waals surface area contributed by atoms with Crippen molar-refractivity contribution in [1.82, 2.24) is 4.98 Å². The molecule has 4 heteroatoms. The fourth-order valence-electron chi connectivity index (χ4n) is 1.95. The first-order chi connectivity index (χ1) is 8.74. The van der Waals surface area contributed by atoms with E-state index in [4.69, 9.17) is 10.5 Å². The van der Waals surface area contributed by atoms with Gasteiger partial charge in [-0.15, -0.1) is 0 Å². The number of nitrogens with two attached hydrogens (primary N) is 1. The van der Waals surface area contributed by atoms with Crippen LogP contribution in [-0.2, 0) is 0 Å². The van der Waals surface area contributed by atoms with Gasteiger partial charge in [0, 0.05) is 29.9 Å². The minimum atomic E-state index is 0.605. The van der Waals surface area contributed by atoms with Crippen molar-refractivity contribution in [2.75, 3.05) is 25.0 Å². The van der Waals surface area contributed by atoms with Crippen LogP contribution in [-0.4, -0.2) is 24.7 Å². The Kier molecular flexibility index (Phi) is 3.99. The van der Waals surface area contributed by atoms with Crippen molar-refractivity contribution in [3.05, 3.63) is 30.0 Å². The van der Waals surface area contributed by atoms with E-state index in [1.807, 2.05) is 38.1 Å². The van der Waals surface area contributed by atoms with E-state index in [9.17, 15) is 0 Å². The molecule has 0 radical (unpaired) electrons. The van der Waals surface area contributed by atoms with Gasteiger partial charge in [-0.25, -0.2) is 0 Å². The molecule has 4 nitrogen and oxygen atoms in total. The van der Waals surface area contributed by atoms with Crippen LogP contribution in [0.1, 0.15) is 12.6 Å². The summed E-state index contributed by atoms with van der Waals surface area (Å²) in [6, 6.07) is 7.99. The Morgan fingerprint density at radius 2 is 2.17 bits per heavy atom. The number of anilines is 1. The zero-order chi connectivity index (χ0) is 13.0. The first kappa shape index (κ1) is 12.6. The summed E-state index contributed by atoms with van der Waals surface area (Å²) in [7, 11) is 0. The first-order valence-electron chi connectivity index (χ1n) is 6.22. The van der Waals surface area contributed by atoms with Gasteiger partial charge in [0.05, 0.1) is 12.1 Å². The van der Waals surface area contributed by atoms with Gasteiger partial charge in [-0.2, -0.15) is 0 Å². The third-order valence-electron chi connectivity index (χ3n) is 2.68. The highest BCUT2D eigenvalue weighted by molar-refractivity contribution is 5.92. The molecule has 0 atom stereocenters. The van der Waals surface area contributed by atoms with E-state index in [2.05, 4.69) is 10.3 Å². The summed E-state index contributed by atoms with van der Waals surface area (Å²) in [5, 5.41) is 4.40. The number of aromatic nitrogens is 1. The van der Waals surface area contributed by atoms with Gasteiger partial charge in [0.1, 0.15) is 5.75 Å². The minimum Gasteiger partial charge on any atom is -0.494 e. The molecule has 96 valence electrons. The summed E-state index contributed by atoms with van der Waals surface area (Å²) in [6.45, 7) is 5.98. The highest BCUT2D eigenvalue weighted by atomic mass is 16.5. The monoisotopic (exact) mass is 245 g/mol. The van der Waals surface area contributed by atoms with E-state index in [0.29, 0.717) is 13.2 Å². The molecule has 0 saturated carbocycles. The predicted octanol–water partition coefficient (Wildman–Crippen LogP) is 2.31. The number of rotatable bonds is 5. The first-order valence-corrected chi connectivity index (χ1v) is 6.22. The zero-order valence-corrected chi connectivity index (χ0v) is 10.9. The number of hydrogen-bond acceptors (Lipinski definition) is 4. The van der Waals surface area contributed by atoms with Crippen LogP contribution in [0.3, 0.4) is 0 Å². The molecule has 1 aromatic carbocycles. The van der Waals surface area contributed by atoms with E-state index in [1.165, 1.54) is 0 Å². The lowest BCUT2D eigenvalue weighted by molar-refractivity contribution is 0.340. The van der Waals surface area contributed by atoms with Crippen LogP contribution in [0, 0.1) is 6.92 Å². The lowest BCUT2D eigenvalue weighted by atomic mass is 10.1. The van der Waals surface area contributed by atoms with Gasteiger partial charge in [-0.1, -0.05) is 0 Å². The van der Waals surface area contributed by atoms with Gasteiger partial charge in [-0.3, -0.25) is 4.98 Å². The number of aryl methyl sites for hydroxylation is 1. The quantitative estimate of drug-likeness (QED) is 0.848. The Morgan fingerprint density at radius 3 is 2.89 bits per heavy atom. The Balaban J connectivity index is 2.47. The molecule has 18 heavy (non-hydrogen) atoms. The van der Waals surface area contributed by atoms with Crippen molar-refractivity contribution in [1.29, 1.82) is 0 Å². The Labute approximate surface area is 107 Å². The fourth-order valence-corrected chi connectivity index (χ4v) is 1.95. The number of benzene rings is 1. The number of nitrogens with one attached hydrogen (secondary N) is 1. The molecule has 0 fully saturated rings. The van der Waals surface area contributed by atoms with Crippen LogP contribution in [0.5, 0.6) is 5.75 Å². The van der Waals surface area contributed by atoms with Crippen LogP contribution >= 0.6 is 0 Å². The van der Waals surface area contributed by atoms with Crippen molar-refractivity contribution >= 4 is 16.6 Å². The smallest absolute Gasteiger partial charge is 0.120 e. The van der Waals surface area contributed by atoms with Crippen LogP contribution < -0.4 is 15.8 Å². The lowest BCUT2D eigenvalue weighted by Gasteiger charge is -2.11. The van der Waals surface area contributed by atoms with Crippen molar-refractivity contribution in [2.45, 2.75) is 13.8 Å². The summed E-state index contributed by atoms with van der Waals surface area (Å²) < 4.78 is 5.52. The third kappa shape index (κ3) is 2.71. The van der Waals surface area contributed by atoms with Crippen LogP contribution in [0.2, 0.25) is 0 Å². The number of hydrogen-bond donors (Lipinski definition) is 2. The molecule has 2 rings (SSSR count). The van der Waals surface area contributed by atoms with E-state index in [1.54, 1.807) is 0 Å². The molecule has 0 spiro atoms. The average Bonchev–Trinajstić information content (AvgIpc) is 2.36. The molecule has 1 aromatic heterocycles. The Morgan fingerprint density at radius 1 is 1.33 bits per heavy atom. The van der Waals surface area contributed by atoms with Gasteiger partial charge in [0.25, 0.3) is 0 Å². The summed E-state index contributed by atoms with van der Waals surface area (Å²) in [5.41, 5.74) is 8.56. The van der Waals surface area contributed by atoms with Crippen LogP contribution in [0.25, 0.3) is 10.9 Å². The number of fused-ring (bicyclic) bond motifs is 1. The summed E-state index contributed by atoms with van der Waals surface area (Å²) >= 11 is 0. The standard InChI is InChI=1S/C14H19N3O/c1-3-18-11-4-5-13-12(9-11)14(16-7-6-15)8-10(2)17-13/h4-5,8-9H,3,6-7,15H2,1-2H3,(H,16,17). The lowest BCUT2D eigenvalue weighted by Crippen LogP contribution is -2.13. The van der Waals surface area contributed by atoms with Crippen molar-refractivity contribution in [2.24, 2.45) is 5.73 Å². The van der Waals surface area contributed by atoms with E-state index >= 15 is 0 Å². The molecule has 0 aliphatic rings. The summed E-state index contributed by atoms with van der Waals surface area (Å²) in [6.07, 6.45) is 0. The number of ether oxygens (including phenoxy) is 1. The largest absolute Gasteiger partial charge is 0.494 e. The van der Waals surface area contributed by atoms with Gasteiger partial charge in [0.15, 0.2) is 0 Å². The highest BCUT2D eigenvalue weighted by Gasteiger charge is 2.05. The maximum atomic E-state index is 5.53. The molecule has 0 aliphatic heterocycles. The maximum Gasteiger partial charge on any atom is 0.120 e. The predicted molar refractivity (Wildman–Crippen MR) is 75.2 cm³/mol. The summed E-state index contributed by atoms with van der Waals surface area (Å²) in [4.78, 5) is 4.52. The van der Waals surface area contributed by atoms with Crippen molar-refractivity contribution in [3.8, 4) is 5.75 Å². The van der Waals surface area contributed by atoms with Crippen LogP contribution in [0.15, 0.2) is 24.3 Å². The van der Waals surface area contributed by atoms with E-state index in [0.717, 1.165) is 34.6 Å². The number of pyridine rings is 1. The van der Waals surface area contributed by atoms with Crippen LogP contribution in [0.4, 0.5) is 5.69 Å². The zero-order valence-electron chi connectivity index (χ0n) is 10.9. The summed E-state index contributed by atoms with van der Waals surface area (Å²) in [5.74, 6) is 0.867. The van der Waals surface area contributed by atoms with Gasteiger partial charge in [-0.05, 0) is 38.1 Å². The molecular formula is C14H19N3O. The molecule has 1 heterocycles. The van der Waals surface area contributed by atoms with Crippen molar-refractivity contribution in [3.63, 3.8) is 0 Å². The van der Waals surface area contributed by atoms with Crippen molar-refractivity contribution < 1.29 is 4.74 Å². The molecule has 0 aliphatic carbocycles. The number of nitrogens with zero attached hydrogens (tertiary/aromatic N) is 1. The van der Waals surface area contributed by atoms with Gasteiger partial charge >= 0.3 is 0 Å². The van der Waals surface area contributed by atoms with Gasteiger partial charge < -0.3 is 15.8 Å². The third-order valence-corrected chi connectivity index (χ3v) is 2.68. The molecular weight excluding hydrogens is 226 g/mol. The van der Waals surface area contributed by atoms with E-state index < -0.39 is 0 Å². The maximum absolute atomic E-state index is 5.53. The SMILES string of the molecule is CCOc1ccc2nc(C)cc(NCCN)c2c1. The molecule has 0 amide bonds. The van der Waals surface area contributed by atoms with E-state index in [-0.39, 0.29) is 0 Å². The minimum absolute atomic E-state index is 0.605. The molecule has 0 bridgehead atoms. The average molecular weight is 245 g/mol. The Bertz CT molecular complexity index is 540. The van der Waals surface area contributed by atoms with Gasteiger partial charge in [0.2, 0.25) is 0 Å². The molecule has 3 N–H and O–H groups in total. The second-order valence-electron chi connectivity index (χ2n) is 4.14. The highest BCUT2D eigenvalue weighted by Crippen LogP contribution is 2.27. The molecule has 0 saturated heterocycles. The molecule has 0 unspecified atom stereocenters. The molecule has 2 aromatic rings. The second-order valence-corrected chi connectivity index (χ2v) is 4.14.